The van der Waals surface area contributed by atoms with Crippen molar-refractivity contribution < 1.29 is 19.8 Å². The molecular formula is C23H28O4. The molecule has 2 aromatic rings. The molecule has 0 heterocycles. The molecule has 27 heavy (non-hydrogen) atoms. The van der Waals surface area contributed by atoms with Crippen LogP contribution in [0.2, 0.25) is 0 Å². The molecule has 2 atom stereocenters. The Hall–Kier alpha value is -2.62. The highest BCUT2D eigenvalue weighted by Gasteiger charge is 2.30. The summed E-state index contributed by atoms with van der Waals surface area (Å²) in [6, 6.07) is 14.6. The van der Waals surface area contributed by atoms with Crippen LogP contribution in [0.3, 0.4) is 0 Å². The Labute approximate surface area is 160 Å². The van der Waals surface area contributed by atoms with Gasteiger partial charge in [-0.15, -0.1) is 0 Å². The van der Waals surface area contributed by atoms with Gasteiger partial charge in [0.25, 0.3) is 0 Å². The van der Waals surface area contributed by atoms with Gasteiger partial charge in [-0.1, -0.05) is 82.0 Å². The summed E-state index contributed by atoms with van der Waals surface area (Å²) in [5.41, 5.74) is 1.39. The highest BCUT2D eigenvalue weighted by molar-refractivity contribution is 6.03. The van der Waals surface area contributed by atoms with Crippen LogP contribution in [0.15, 0.2) is 48.5 Å². The number of unbranched alkanes of at least 4 members (excludes halogenated alkanes) is 2. The normalized spacial score (nSPS) is 13.1. The molecule has 4 heteroatoms. The average Bonchev–Trinajstić information content (AvgIpc) is 2.67. The van der Waals surface area contributed by atoms with Gasteiger partial charge in [-0.3, -0.25) is 0 Å². The summed E-state index contributed by atoms with van der Waals surface area (Å²) in [7, 11) is 0. The van der Waals surface area contributed by atoms with Gasteiger partial charge in [0.05, 0.1) is 11.1 Å². The molecule has 2 aromatic carbocycles. The van der Waals surface area contributed by atoms with Crippen molar-refractivity contribution in [2.24, 2.45) is 5.92 Å². The first-order valence-corrected chi connectivity index (χ1v) is 9.65. The van der Waals surface area contributed by atoms with E-state index in [4.69, 9.17) is 0 Å². The number of hydrogen-bond donors (Lipinski definition) is 2. The molecule has 0 aromatic heterocycles. The van der Waals surface area contributed by atoms with Crippen molar-refractivity contribution in [1.29, 1.82) is 0 Å². The van der Waals surface area contributed by atoms with Gasteiger partial charge in [0, 0.05) is 5.92 Å². The second kappa shape index (κ2) is 9.91. The molecule has 0 bridgehead atoms. The largest absolute Gasteiger partial charge is 0.478 e. The van der Waals surface area contributed by atoms with E-state index in [1.165, 1.54) is 6.07 Å². The maximum Gasteiger partial charge on any atom is 0.336 e. The lowest BCUT2D eigenvalue weighted by Crippen LogP contribution is -2.20. The maximum absolute atomic E-state index is 12.0. The van der Waals surface area contributed by atoms with Crippen molar-refractivity contribution in [1.82, 2.24) is 0 Å². The predicted molar refractivity (Wildman–Crippen MR) is 107 cm³/mol. The molecule has 2 N–H and O–H groups in total. The van der Waals surface area contributed by atoms with Crippen LogP contribution < -0.4 is 0 Å². The number of benzene rings is 2. The zero-order valence-corrected chi connectivity index (χ0v) is 16.0. The Morgan fingerprint density at radius 1 is 0.889 bits per heavy atom. The van der Waals surface area contributed by atoms with Crippen molar-refractivity contribution in [3.63, 3.8) is 0 Å². The quantitative estimate of drug-likeness (QED) is 0.518. The molecule has 144 valence electrons. The summed E-state index contributed by atoms with van der Waals surface area (Å²) >= 11 is 0. The van der Waals surface area contributed by atoms with E-state index < -0.39 is 11.9 Å². The Morgan fingerprint density at radius 2 is 1.59 bits per heavy atom. The number of aromatic carboxylic acids is 2. The smallest absolute Gasteiger partial charge is 0.336 e. The summed E-state index contributed by atoms with van der Waals surface area (Å²) in [6.45, 7) is 4.28. The van der Waals surface area contributed by atoms with Gasteiger partial charge >= 0.3 is 11.9 Å². The van der Waals surface area contributed by atoms with E-state index >= 15 is 0 Å². The molecule has 0 radical (unpaired) electrons. The van der Waals surface area contributed by atoms with E-state index in [0.717, 1.165) is 37.7 Å². The average molecular weight is 368 g/mol. The summed E-state index contributed by atoms with van der Waals surface area (Å²) in [5, 5.41) is 19.3. The van der Waals surface area contributed by atoms with Gasteiger partial charge in [0.2, 0.25) is 0 Å². The van der Waals surface area contributed by atoms with E-state index in [1.807, 2.05) is 30.3 Å². The fraction of sp³-hybridized carbons (Fsp3) is 0.391. The maximum atomic E-state index is 12.0. The van der Waals surface area contributed by atoms with Crippen molar-refractivity contribution >= 4 is 11.9 Å². The molecule has 0 aliphatic heterocycles. The summed E-state index contributed by atoms with van der Waals surface area (Å²) in [4.78, 5) is 23.6. The lowest BCUT2D eigenvalue weighted by Gasteiger charge is -2.29. The highest BCUT2D eigenvalue weighted by atomic mass is 16.4. The Kier molecular flexibility index (Phi) is 7.59. The zero-order valence-electron chi connectivity index (χ0n) is 16.0. The number of carbonyl (C=O) groups is 2. The molecule has 0 saturated carbocycles. The lowest BCUT2D eigenvalue weighted by atomic mass is 9.75. The number of hydrogen-bond acceptors (Lipinski definition) is 2. The van der Waals surface area contributed by atoms with Crippen LogP contribution in [0, 0.1) is 5.92 Å². The molecule has 0 fully saturated rings. The lowest BCUT2D eigenvalue weighted by molar-refractivity contribution is 0.0650. The minimum absolute atomic E-state index is 0.0900. The second-order valence-corrected chi connectivity index (χ2v) is 6.93. The Balaban J connectivity index is 2.62. The third-order valence-electron chi connectivity index (χ3n) is 5.21. The van der Waals surface area contributed by atoms with Crippen molar-refractivity contribution in [3.05, 3.63) is 70.8 Å². The molecular weight excluding hydrogens is 340 g/mol. The van der Waals surface area contributed by atoms with Crippen LogP contribution in [0.1, 0.15) is 83.7 Å². The molecule has 0 spiro atoms. The summed E-state index contributed by atoms with van der Waals surface area (Å²) < 4.78 is 0. The molecule has 2 unspecified atom stereocenters. The summed E-state index contributed by atoms with van der Waals surface area (Å²) in [5.74, 6) is -2.29. The first kappa shape index (κ1) is 20.7. The Morgan fingerprint density at radius 3 is 2.15 bits per heavy atom. The van der Waals surface area contributed by atoms with Crippen LogP contribution in [-0.4, -0.2) is 22.2 Å². The van der Waals surface area contributed by atoms with Crippen LogP contribution in [0.5, 0.6) is 0 Å². The highest BCUT2D eigenvalue weighted by Crippen LogP contribution is 2.39. The van der Waals surface area contributed by atoms with Gasteiger partial charge in [0.1, 0.15) is 0 Å². The molecule has 0 aliphatic rings. The van der Waals surface area contributed by atoms with E-state index in [0.29, 0.717) is 5.56 Å². The van der Waals surface area contributed by atoms with E-state index in [9.17, 15) is 19.8 Å². The van der Waals surface area contributed by atoms with Crippen LogP contribution in [0.4, 0.5) is 0 Å². The molecule has 0 amide bonds. The number of carboxylic acids is 2. The fourth-order valence-electron chi connectivity index (χ4n) is 3.88. The number of carboxylic acid groups (broad SMARTS) is 2. The van der Waals surface area contributed by atoms with Crippen LogP contribution >= 0.6 is 0 Å². The van der Waals surface area contributed by atoms with E-state index in [1.54, 1.807) is 12.1 Å². The van der Waals surface area contributed by atoms with Gasteiger partial charge in [-0.25, -0.2) is 9.59 Å². The fourth-order valence-corrected chi connectivity index (χ4v) is 3.88. The van der Waals surface area contributed by atoms with Gasteiger partial charge < -0.3 is 10.2 Å². The third kappa shape index (κ3) is 4.97. The monoisotopic (exact) mass is 368 g/mol. The van der Waals surface area contributed by atoms with Crippen LogP contribution in [-0.2, 0) is 0 Å². The predicted octanol–water partition coefficient (Wildman–Crippen LogP) is 5.82. The minimum atomic E-state index is -1.21. The molecule has 2 rings (SSSR count). The van der Waals surface area contributed by atoms with Gasteiger partial charge in [0.15, 0.2) is 0 Å². The van der Waals surface area contributed by atoms with Crippen molar-refractivity contribution in [3.8, 4) is 0 Å². The van der Waals surface area contributed by atoms with Crippen molar-refractivity contribution in [2.45, 2.75) is 51.9 Å². The topological polar surface area (TPSA) is 74.6 Å². The zero-order chi connectivity index (χ0) is 19.8. The van der Waals surface area contributed by atoms with Crippen LogP contribution in [0.25, 0.3) is 0 Å². The van der Waals surface area contributed by atoms with E-state index in [-0.39, 0.29) is 23.0 Å². The molecule has 0 saturated heterocycles. The Bertz CT molecular complexity index is 767. The first-order chi connectivity index (χ1) is 13.0. The van der Waals surface area contributed by atoms with Gasteiger partial charge in [-0.05, 0) is 29.5 Å². The second-order valence-electron chi connectivity index (χ2n) is 6.93. The molecule has 4 nitrogen and oxygen atoms in total. The minimum Gasteiger partial charge on any atom is -0.478 e. The standard InChI is InChI=1S/C23H28O4/c1-3-5-7-11-16(4-2)20(17-12-8-6-9-13-17)18-14-10-15-19(22(24)25)21(18)23(26)27/h6,8-10,12-16,20H,3-5,7,11H2,1-2H3,(H,24,25)(H,26,27). The first-order valence-electron chi connectivity index (χ1n) is 9.65. The number of rotatable bonds is 10. The SMILES string of the molecule is CCCCCC(CC)C(c1ccccc1)c1cccc(C(=O)O)c1C(=O)O. The third-order valence-corrected chi connectivity index (χ3v) is 5.21. The van der Waals surface area contributed by atoms with Gasteiger partial charge in [-0.2, -0.15) is 0 Å². The van der Waals surface area contributed by atoms with E-state index in [2.05, 4.69) is 13.8 Å². The van der Waals surface area contributed by atoms with Crippen molar-refractivity contribution in [2.75, 3.05) is 0 Å². The molecule has 0 aliphatic carbocycles. The summed E-state index contributed by atoms with van der Waals surface area (Å²) in [6.07, 6.45) is 5.24.